The van der Waals surface area contributed by atoms with E-state index in [0.29, 0.717) is 17.3 Å². The molecule has 2 N–H and O–H groups in total. The summed E-state index contributed by atoms with van der Waals surface area (Å²) < 4.78 is 16.0. The van der Waals surface area contributed by atoms with Gasteiger partial charge in [-0.25, -0.2) is 4.39 Å². The number of aromatic nitrogens is 2. The fourth-order valence-electron chi connectivity index (χ4n) is 4.43. The van der Waals surface area contributed by atoms with Crippen LogP contribution < -0.4 is 10.6 Å². The molecule has 1 aliphatic rings. The normalized spacial score (nSPS) is 17.3. The van der Waals surface area contributed by atoms with E-state index >= 15 is 0 Å². The molecular weight excluding hydrogens is 461 g/mol. The summed E-state index contributed by atoms with van der Waals surface area (Å²) in [4.78, 5) is 19.3. The number of hydrogen-bond donors (Lipinski definition) is 2. The van der Waals surface area contributed by atoms with Crippen LogP contribution in [0.4, 0.5) is 10.1 Å². The quantitative estimate of drug-likeness (QED) is 0.360. The van der Waals surface area contributed by atoms with E-state index < -0.39 is 0 Å². The minimum absolute atomic E-state index is 0.0976. The number of nitrogens with one attached hydrogen (secondary N) is 2. The molecule has 2 atom stereocenters. The predicted molar refractivity (Wildman–Crippen MR) is 138 cm³/mol. The highest BCUT2D eigenvalue weighted by Gasteiger charge is 2.41. The van der Waals surface area contributed by atoms with Gasteiger partial charge in [0.2, 0.25) is 5.91 Å². The summed E-state index contributed by atoms with van der Waals surface area (Å²) in [7, 11) is 0. The summed E-state index contributed by atoms with van der Waals surface area (Å²) in [5, 5.41) is 6.87. The van der Waals surface area contributed by atoms with Crippen molar-refractivity contribution in [2.75, 3.05) is 11.9 Å². The molecule has 0 saturated carbocycles. The van der Waals surface area contributed by atoms with Gasteiger partial charge < -0.3 is 20.1 Å². The number of para-hydroxylation sites is 1. The van der Waals surface area contributed by atoms with Crippen LogP contribution in [0.2, 0.25) is 0 Å². The Kier molecular flexibility index (Phi) is 6.54. The fraction of sp³-hybridized carbons (Fsp3) is 0.148. The van der Waals surface area contributed by atoms with Gasteiger partial charge in [-0.1, -0.05) is 30.3 Å². The summed E-state index contributed by atoms with van der Waals surface area (Å²) in [5.74, 6) is -0.405. The van der Waals surface area contributed by atoms with Crippen molar-refractivity contribution < 1.29 is 9.18 Å². The Bertz CT molecular complexity index is 1330. The van der Waals surface area contributed by atoms with Crippen molar-refractivity contribution in [1.82, 2.24) is 19.8 Å². The summed E-state index contributed by atoms with van der Waals surface area (Å²) in [6, 6.07) is 25.0. The predicted octanol–water partition coefficient (Wildman–Crippen LogP) is 5.01. The molecule has 0 spiro atoms. The van der Waals surface area contributed by atoms with Gasteiger partial charge in [-0.05, 0) is 66.8 Å². The number of thiocarbonyl (C=S) groups is 1. The number of rotatable bonds is 7. The Morgan fingerprint density at radius 2 is 1.86 bits per heavy atom. The Balaban J connectivity index is 1.45. The van der Waals surface area contributed by atoms with Crippen LogP contribution in [0.3, 0.4) is 0 Å². The van der Waals surface area contributed by atoms with Crippen molar-refractivity contribution >= 4 is 28.9 Å². The molecule has 35 heavy (non-hydrogen) atoms. The highest BCUT2D eigenvalue weighted by atomic mass is 32.1. The van der Waals surface area contributed by atoms with Gasteiger partial charge in [0, 0.05) is 42.4 Å². The minimum Gasteiger partial charge on any atom is -0.352 e. The van der Waals surface area contributed by atoms with Crippen LogP contribution in [0, 0.1) is 5.82 Å². The molecule has 3 heterocycles. The molecule has 8 heteroatoms. The lowest BCUT2D eigenvalue weighted by atomic mass is 10.0. The zero-order chi connectivity index (χ0) is 24.2. The zero-order valence-corrected chi connectivity index (χ0v) is 19.7. The molecule has 176 valence electrons. The molecule has 0 unspecified atom stereocenters. The fourth-order valence-corrected chi connectivity index (χ4v) is 4.76. The lowest BCUT2D eigenvalue weighted by Crippen LogP contribution is -2.33. The Labute approximate surface area is 208 Å². The summed E-state index contributed by atoms with van der Waals surface area (Å²) in [6.45, 7) is 0.410. The Morgan fingerprint density at radius 3 is 2.63 bits per heavy atom. The van der Waals surface area contributed by atoms with Gasteiger partial charge in [0.25, 0.3) is 0 Å². The molecule has 1 fully saturated rings. The van der Waals surface area contributed by atoms with E-state index in [1.807, 2.05) is 82.4 Å². The van der Waals surface area contributed by atoms with Crippen molar-refractivity contribution in [1.29, 1.82) is 0 Å². The zero-order valence-electron chi connectivity index (χ0n) is 18.8. The number of pyridine rings is 1. The van der Waals surface area contributed by atoms with E-state index in [4.69, 9.17) is 12.2 Å². The second-order valence-corrected chi connectivity index (χ2v) is 8.65. The second-order valence-electron chi connectivity index (χ2n) is 8.27. The molecule has 0 bridgehead atoms. The first-order valence-corrected chi connectivity index (χ1v) is 11.8. The van der Waals surface area contributed by atoms with Gasteiger partial charge in [-0.2, -0.15) is 0 Å². The van der Waals surface area contributed by atoms with Gasteiger partial charge in [0.05, 0.1) is 17.8 Å². The van der Waals surface area contributed by atoms with Crippen molar-refractivity contribution in [3.63, 3.8) is 0 Å². The molecule has 4 aromatic rings. The van der Waals surface area contributed by atoms with Crippen molar-refractivity contribution in [2.24, 2.45) is 0 Å². The summed E-state index contributed by atoms with van der Waals surface area (Å²) in [5.41, 5.74) is 3.22. The van der Waals surface area contributed by atoms with Gasteiger partial charge >= 0.3 is 0 Å². The maximum Gasteiger partial charge on any atom is 0.226 e. The third kappa shape index (κ3) is 4.93. The molecule has 0 aliphatic carbocycles. The maximum absolute atomic E-state index is 14.0. The van der Waals surface area contributed by atoms with Crippen LogP contribution in [0.5, 0.6) is 0 Å². The van der Waals surface area contributed by atoms with Crippen LogP contribution in [0.1, 0.15) is 29.9 Å². The Hall–Kier alpha value is -4.04. The van der Waals surface area contributed by atoms with E-state index in [0.717, 1.165) is 17.1 Å². The largest absolute Gasteiger partial charge is 0.352 e. The van der Waals surface area contributed by atoms with Gasteiger partial charge in [0.15, 0.2) is 5.11 Å². The molecule has 1 aliphatic heterocycles. The molecule has 2 aromatic heterocycles. The number of amides is 1. The van der Waals surface area contributed by atoms with E-state index in [2.05, 4.69) is 15.6 Å². The molecule has 6 nitrogen and oxygen atoms in total. The highest BCUT2D eigenvalue weighted by Crippen LogP contribution is 2.39. The lowest BCUT2D eigenvalue weighted by molar-refractivity contribution is -0.116. The first kappa shape index (κ1) is 22.7. The number of benzene rings is 2. The average molecular weight is 486 g/mol. The number of carbonyl (C=O) groups is 1. The molecule has 1 saturated heterocycles. The van der Waals surface area contributed by atoms with Gasteiger partial charge in [-0.3, -0.25) is 9.78 Å². The third-order valence-corrected chi connectivity index (χ3v) is 6.36. The number of halogens is 1. The number of nitrogens with zero attached hydrogens (tertiary/aromatic N) is 3. The van der Waals surface area contributed by atoms with Gasteiger partial charge in [0.1, 0.15) is 5.82 Å². The standard InChI is InChI=1S/C27H24FN5OS/c28-19-8-6-11-21(18-19)32-16-7-13-23(32)26-25(22-12-4-5-15-29-22)31-27(35)33(26)17-14-24(34)30-20-9-2-1-3-10-20/h1-13,15-16,18,25-26H,14,17H2,(H,30,34)(H,31,35)/t25-,26+/m0/s1. The van der Waals surface area contributed by atoms with E-state index in [1.165, 1.54) is 12.1 Å². The lowest BCUT2D eigenvalue weighted by Gasteiger charge is -2.28. The first-order chi connectivity index (χ1) is 17.1. The molecule has 0 radical (unpaired) electrons. The Morgan fingerprint density at radius 1 is 1.03 bits per heavy atom. The van der Waals surface area contributed by atoms with Crippen LogP contribution in [-0.4, -0.2) is 32.0 Å². The average Bonchev–Trinajstić information content (AvgIpc) is 3.48. The summed E-state index contributed by atoms with van der Waals surface area (Å²) >= 11 is 5.72. The molecule has 2 aromatic carbocycles. The molecule has 1 amide bonds. The molecular formula is C27H24FN5OS. The van der Waals surface area contributed by atoms with Crippen LogP contribution in [-0.2, 0) is 4.79 Å². The SMILES string of the molecule is O=C(CCN1C(=S)N[C@@H](c2ccccn2)[C@H]1c1cccn1-c1cccc(F)c1)Nc1ccccc1. The highest BCUT2D eigenvalue weighted by molar-refractivity contribution is 7.80. The molecule has 5 rings (SSSR count). The second kappa shape index (κ2) is 10.1. The van der Waals surface area contributed by atoms with Crippen LogP contribution in [0.25, 0.3) is 5.69 Å². The van der Waals surface area contributed by atoms with Crippen LogP contribution >= 0.6 is 12.2 Å². The first-order valence-electron chi connectivity index (χ1n) is 11.4. The maximum atomic E-state index is 14.0. The van der Waals surface area contributed by atoms with E-state index in [9.17, 15) is 9.18 Å². The smallest absolute Gasteiger partial charge is 0.226 e. The topological polar surface area (TPSA) is 62.2 Å². The number of anilines is 1. The van der Waals surface area contributed by atoms with Crippen molar-refractivity contribution in [2.45, 2.75) is 18.5 Å². The van der Waals surface area contributed by atoms with Crippen LogP contribution in [0.15, 0.2) is 97.3 Å². The monoisotopic (exact) mass is 485 g/mol. The van der Waals surface area contributed by atoms with Gasteiger partial charge in [-0.15, -0.1) is 0 Å². The number of hydrogen-bond acceptors (Lipinski definition) is 3. The van der Waals surface area contributed by atoms with E-state index in [1.54, 1.807) is 12.3 Å². The van der Waals surface area contributed by atoms with E-state index in [-0.39, 0.29) is 30.2 Å². The van der Waals surface area contributed by atoms with Crippen molar-refractivity contribution in [3.8, 4) is 5.69 Å². The number of carbonyl (C=O) groups excluding carboxylic acids is 1. The third-order valence-electron chi connectivity index (χ3n) is 6.00. The van der Waals surface area contributed by atoms with Crippen molar-refractivity contribution in [3.05, 3.63) is 115 Å². The summed E-state index contributed by atoms with van der Waals surface area (Å²) in [6.07, 6.45) is 3.91. The minimum atomic E-state index is -0.307.